The Kier molecular flexibility index (Phi) is 9.24. The fraction of sp³-hybridized carbons (Fsp3) is 0.0139. The highest BCUT2D eigenvalue weighted by Crippen LogP contribution is 2.63. The van der Waals surface area contributed by atoms with E-state index in [1.54, 1.807) is 0 Å². The van der Waals surface area contributed by atoms with Crippen molar-refractivity contribution in [2.75, 3.05) is 0 Å². The first kappa shape index (κ1) is 43.9. The topological polar surface area (TPSA) is 64.4 Å². The van der Waals surface area contributed by atoms with E-state index in [9.17, 15) is 5.26 Å². The van der Waals surface area contributed by atoms with Crippen molar-refractivity contribution in [1.29, 1.82) is 5.26 Å². The van der Waals surface area contributed by atoms with Crippen LogP contribution in [-0.2, 0) is 5.41 Å². The van der Waals surface area contributed by atoms with Gasteiger partial charge < -0.3 is 13.7 Å². The maximum Gasteiger partial charge on any atom is 0.0991 e. The summed E-state index contributed by atoms with van der Waals surface area (Å²) < 4.78 is 7.09. The molecule has 0 saturated heterocycles. The van der Waals surface area contributed by atoms with Gasteiger partial charge in [0, 0.05) is 71.6 Å². The molecule has 7 heteroatoms. The van der Waals surface area contributed by atoms with E-state index in [0.717, 1.165) is 83.6 Å². The Hall–Kier alpha value is -10.3. The average molecular weight is 1020 g/mol. The molecule has 1 spiro atoms. The van der Waals surface area contributed by atoms with E-state index < -0.39 is 5.41 Å². The summed E-state index contributed by atoms with van der Waals surface area (Å²) in [6.07, 6.45) is 3.79. The molecule has 2 aliphatic rings. The quantitative estimate of drug-likeness (QED) is 0.172. The van der Waals surface area contributed by atoms with Crippen LogP contribution in [0.1, 0.15) is 27.8 Å². The summed E-state index contributed by atoms with van der Waals surface area (Å²) in [7, 11) is 0. The lowest BCUT2D eigenvalue weighted by Crippen LogP contribution is -2.32. The number of nitriles is 1. The third-order valence-electron chi connectivity index (χ3n) is 16.8. The Morgan fingerprint density at radius 1 is 0.354 bits per heavy atom. The molecule has 0 fully saturated rings. The second kappa shape index (κ2) is 16.6. The van der Waals surface area contributed by atoms with E-state index in [-0.39, 0.29) is 0 Å². The molecule has 17 rings (SSSR count). The van der Waals surface area contributed by atoms with E-state index >= 15 is 0 Å². The molecule has 0 unspecified atom stereocenters. The number of fused-ring (bicyclic) bond motifs is 18. The summed E-state index contributed by atoms with van der Waals surface area (Å²) in [4.78, 5) is 12.6. The van der Waals surface area contributed by atoms with Gasteiger partial charge in [-0.1, -0.05) is 133 Å². The minimum atomic E-state index is -0.713. The Morgan fingerprint density at radius 2 is 0.823 bits per heavy atom. The zero-order valence-electron chi connectivity index (χ0n) is 42.3. The van der Waals surface area contributed by atoms with Gasteiger partial charge in [0.25, 0.3) is 0 Å². The van der Waals surface area contributed by atoms with Gasteiger partial charge in [0.1, 0.15) is 0 Å². The maximum absolute atomic E-state index is 10.1. The minimum absolute atomic E-state index is 0.640. The van der Waals surface area contributed by atoms with Gasteiger partial charge in [-0.3, -0.25) is 9.97 Å². The van der Waals surface area contributed by atoms with E-state index in [1.807, 2.05) is 42.4 Å². The second-order valence-corrected chi connectivity index (χ2v) is 21.8. The molecule has 15 aromatic rings. The number of hydrogen-bond acceptors (Lipinski definition) is 4. The second-order valence-electron chi connectivity index (χ2n) is 20.8. The maximum atomic E-state index is 10.1. The lowest BCUT2D eigenvalue weighted by atomic mass is 9.67. The van der Waals surface area contributed by atoms with Crippen molar-refractivity contribution in [3.63, 3.8) is 0 Å². The zero-order valence-corrected chi connectivity index (χ0v) is 43.2. The van der Waals surface area contributed by atoms with Gasteiger partial charge in [-0.25, -0.2) is 0 Å². The van der Waals surface area contributed by atoms with Gasteiger partial charge in [-0.2, -0.15) is 5.26 Å². The monoisotopic (exact) mass is 1020 g/mol. The first-order valence-electron chi connectivity index (χ1n) is 26.7. The van der Waals surface area contributed by atoms with Gasteiger partial charge in [0.2, 0.25) is 0 Å². The van der Waals surface area contributed by atoms with E-state index in [4.69, 9.17) is 9.97 Å². The normalized spacial score (nSPS) is 13.1. The molecule has 1 aliphatic heterocycles. The Labute approximate surface area is 458 Å². The van der Waals surface area contributed by atoms with Crippen molar-refractivity contribution in [3.8, 4) is 56.8 Å². The number of benzene rings is 10. The predicted molar refractivity (Wildman–Crippen MR) is 322 cm³/mol. The molecule has 366 valence electrons. The van der Waals surface area contributed by atoms with Gasteiger partial charge in [-0.15, -0.1) is 0 Å². The lowest BCUT2D eigenvalue weighted by molar-refractivity contribution is 0.720. The highest BCUT2D eigenvalue weighted by molar-refractivity contribution is 7.99. The third-order valence-corrected chi connectivity index (χ3v) is 18.1. The van der Waals surface area contributed by atoms with Crippen LogP contribution < -0.4 is 0 Å². The Balaban J connectivity index is 0.827. The predicted octanol–water partition coefficient (Wildman–Crippen LogP) is 17.8. The molecule has 10 aromatic carbocycles. The van der Waals surface area contributed by atoms with Crippen molar-refractivity contribution in [1.82, 2.24) is 23.7 Å². The molecular formula is C72H42N6S. The van der Waals surface area contributed by atoms with E-state index in [1.165, 1.54) is 64.6 Å². The molecule has 79 heavy (non-hydrogen) atoms. The molecule has 0 amide bonds. The van der Waals surface area contributed by atoms with E-state index in [0.29, 0.717) is 5.56 Å². The van der Waals surface area contributed by atoms with Crippen molar-refractivity contribution < 1.29 is 0 Å². The van der Waals surface area contributed by atoms with Crippen molar-refractivity contribution in [3.05, 3.63) is 283 Å². The molecule has 0 bridgehead atoms. The van der Waals surface area contributed by atoms with Crippen LogP contribution in [0.4, 0.5) is 0 Å². The average Bonchev–Trinajstić information content (AvgIpc) is 4.45. The summed E-state index contributed by atoms with van der Waals surface area (Å²) in [5.41, 5.74) is 21.2. The summed E-state index contributed by atoms with van der Waals surface area (Å²) in [5.74, 6) is 0. The standard InChI is InChI=1S/C72H42N6S/c73-43-44-25-33-65-55(39-44)57-40-45(26-34-67(57)76(65)48-13-2-1-3-14-48)46-28-36-68-61(42-46)72(58-20-11-37-74-69(58)70-59(72)21-12-38-75-70)60-19-10-18-51(71(60)79-68)47-27-35-66-56(41-47)54-17-6-9-24-64(54)78(66)50-31-29-49(30-32-50)77-62-22-7-4-15-52(62)53-16-5-8-23-63(53)77/h1-42H. The fourth-order valence-corrected chi connectivity index (χ4v) is 14.8. The van der Waals surface area contributed by atoms with Crippen LogP contribution >= 0.6 is 11.8 Å². The third kappa shape index (κ3) is 6.12. The highest BCUT2D eigenvalue weighted by Gasteiger charge is 2.52. The smallest absolute Gasteiger partial charge is 0.0991 e. The highest BCUT2D eigenvalue weighted by atomic mass is 32.2. The zero-order chi connectivity index (χ0) is 51.9. The van der Waals surface area contributed by atoms with E-state index in [2.05, 4.69) is 244 Å². The minimum Gasteiger partial charge on any atom is -0.309 e. The Bertz CT molecular complexity index is 5030. The summed E-state index contributed by atoms with van der Waals surface area (Å²) in [6, 6.07) is 90.5. The molecule has 0 radical (unpaired) electrons. The molecule has 1 aliphatic carbocycles. The van der Waals surface area contributed by atoms with Crippen LogP contribution in [0.3, 0.4) is 0 Å². The fourth-order valence-electron chi connectivity index (χ4n) is 13.5. The number of pyridine rings is 2. The van der Waals surface area contributed by atoms with Gasteiger partial charge in [0.15, 0.2) is 0 Å². The molecule has 0 N–H and O–H groups in total. The number of para-hydroxylation sites is 4. The van der Waals surface area contributed by atoms with Gasteiger partial charge >= 0.3 is 0 Å². The molecule has 5 aromatic heterocycles. The van der Waals surface area contributed by atoms with Crippen LogP contribution in [0, 0.1) is 11.3 Å². The van der Waals surface area contributed by atoms with Crippen molar-refractivity contribution >= 4 is 77.2 Å². The molecule has 6 nitrogen and oxygen atoms in total. The van der Waals surface area contributed by atoms with Crippen molar-refractivity contribution in [2.45, 2.75) is 15.2 Å². The number of rotatable bonds is 5. The van der Waals surface area contributed by atoms with Crippen LogP contribution in [0.25, 0.3) is 116 Å². The SMILES string of the molecule is N#Cc1ccc2c(c1)c1cc(-c3ccc4c(c3)C3(c5cccnc5-c5ncccc53)c3cccc(-c5ccc6c(c5)c5ccccc5n6-c5ccc(-n6c7ccccc7c7ccccc76)cc5)c3S4)ccc1n2-c1ccccc1. The van der Waals surface area contributed by atoms with Crippen molar-refractivity contribution in [2.24, 2.45) is 0 Å². The van der Waals surface area contributed by atoms with Crippen LogP contribution in [0.2, 0.25) is 0 Å². The molecule has 6 heterocycles. The van der Waals surface area contributed by atoms with Crippen LogP contribution in [0.15, 0.2) is 265 Å². The Morgan fingerprint density at radius 3 is 1.44 bits per heavy atom. The largest absolute Gasteiger partial charge is 0.309 e. The first-order valence-corrected chi connectivity index (χ1v) is 27.5. The van der Waals surface area contributed by atoms with Gasteiger partial charge in [0.05, 0.1) is 61.5 Å². The lowest BCUT2D eigenvalue weighted by Gasteiger charge is -2.40. The summed E-state index contributed by atoms with van der Waals surface area (Å²) >= 11 is 1.86. The number of hydrogen-bond donors (Lipinski definition) is 0. The molecular weight excluding hydrogens is 981 g/mol. The number of aromatic nitrogens is 5. The number of nitrogens with zero attached hydrogens (tertiary/aromatic N) is 6. The van der Waals surface area contributed by atoms with Gasteiger partial charge in [-0.05, 0) is 166 Å². The first-order chi connectivity index (χ1) is 39.1. The van der Waals surface area contributed by atoms with Crippen LogP contribution in [-0.4, -0.2) is 23.7 Å². The summed E-state index contributed by atoms with van der Waals surface area (Å²) in [5, 5.41) is 17.1. The molecule has 0 saturated carbocycles. The molecule has 0 atom stereocenters. The summed E-state index contributed by atoms with van der Waals surface area (Å²) in [6.45, 7) is 0. The van der Waals surface area contributed by atoms with Crippen LogP contribution in [0.5, 0.6) is 0 Å².